The molecule has 6 heteroatoms. The molecule has 0 aromatic heterocycles. The lowest BCUT2D eigenvalue weighted by Crippen LogP contribution is -2.30. The number of hydrogen-bond acceptors (Lipinski definition) is 6. The first-order chi connectivity index (χ1) is 17.5. The summed E-state index contributed by atoms with van der Waals surface area (Å²) < 4.78 is 15.8. The highest BCUT2D eigenvalue weighted by molar-refractivity contribution is 5.71. The SMILES string of the molecule is CCCCCCCC/C=C\CCCCCCCCC(=O)OC(COC(=O)CCC)COC(=O)CCC. The second-order valence-corrected chi connectivity index (χ2v) is 9.67. The molecule has 0 aromatic rings. The summed E-state index contributed by atoms with van der Waals surface area (Å²) in [7, 11) is 0. The lowest BCUT2D eigenvalue weighted by Gasteiger charge is -2.18. The van der Waals surface area contributed by atoms with Gasteiger partial charge in [0.25, 0.3) is 0 Å². The smallest absolute Gasteiger partial charge is 0.306 e. The van der Waals surface area contributed by atoms with Crippen LogP contribution >= 0.6 is 0 Å². The number of ether oxygens (including phenoxy) is 3. The summed E-state index contributed by atoms with van der Waals surface area (Å²) in [5, 5.41) is 0. The number of rotatable bonds is 25. The Kier molecular flexibility index (Phi) is 24.9. The third-order valence-electron chi connectivity index (χ3n) is 5.96. The summed E-state index contributed by atoms with van der Waals surface area (Å²) in [6, 6.07) is 0. The van der Waals surface area contributed by atoms with Crippen LogP contribution in [0.1, 0.15) is 143 Å². The topological polar surface area (TPSA) is 78.9 Å². The number of unbranched alkanes of at least 4 members (excludes halogenated alkanes) is 12. The molecule has 0 heterocycles. The van der Waals surface area contributed by atoms with Crippen LogP contribution in [0.25, 0.3) is 0 Å². The normalized spacial score (nSPS) is 11.2. The molecule has 0 saturated carbocycles. The number of esters is 3. The van der Waals surface area contributed by atoms with E-state index in [-0.39, 0.29) is 31.1 Å². The van der Waals surface area contributed by atoms with E-state index in [4.69, 9.17) is 14.2 Å². The maximum atomic E-state index is 12.2. The van der Waals surface area contributed by atoms with Gasteiger partial charge in [-0.05, 0) is 44.9 Å². The molecule has 0 amide bonds. The average Bonchev–Trinajstić information content (AvgIpc) is 2.85. The van der Waals surface area contributed by atoms with E-state index >= 15 is 0 Å². The van der Waals surface area contributed by atoms with Crippen molar-refractivity contribution in [3.63, 3.8) is 0 Å². The third kappa shape index (κ3) is 23.9. The molecule has 0 unspecified atom stereocenters. The lowest BCUT2D eigenvalue weighted by molar-refractivity contribution is -0.166. The molecule has 0 saturated heterocycles. The van der Waals surface area contributed by atoms with Crippen LogP contribution in [0.2, 0.25) is 0 Å². The van der Waals surface area contributed by atoms with Gasteiger partial charge in [0.1, 0.15) is 13.2 Å². The zero-order valence-electron chi connectivity index (χ0n) is 23.5. The summed E-state index contributed by atoms with van der Waals surface area (Å²) in [5.41, 5.74) is 0. The summed E-state index contributed by atoms with van der Waals surface area (Å²) in [6.07, 6.45) is 23.2. The van der Waals surface area contributed by atoms with Gasteiger partial charge < -0.3 is 14.2 Å². The number of allylic oxidation sites excluding steroid dienone is 2. The van der Waals surface area contributed by atoms with Crippen molar-refractivity contribution in [2.75, 3.05) is 13.2 Å². The Labute approximate surface area is 220 Å². The highest BCUT2D eigenvalue weighted by atomic mass is 16.6. The molecule has 36 heavy (non-hydrogen) atoms. The van der Waals surface area contributed by atoms with E-state index in [0.717, 1.165) is 25.7 Å². The molecular weight excluding hydrogens is 456 g/mol. The maximum Gasteiger partial charge on any atom is 0.306 e. The van der Waals surface area contributed by atoms with Crippen LogP contribution in [0.15, 0.2) is 12.2 Å². The summed E-state index contributed by atoms with van der Waals surface area (Å²) in [4.78, 5) is 35.5. The quantitative estimate of drug-likeness (QED) is 0.0535. The summed E-state index contributed by atoms with van der Waals surface area (Å²) >= 11 is 0. The zero-order chi connectivity index (χ0) is 26.7. The van der Waals surface area contributed by atoms with Gasteiger partial charge in [0, 0.05) is 19.3 Å². The second kappa shape index (κ2) is 26.2. The standard InChI is InChI=1S/C30H54O6/c1-4-7-8-9-10-11-12-13-14-15-16-17-18-19-20-21-24-30(33)36-27(25-34-28(31)22-5-2)26-35-29(32)23-6-3/h13-14,27H,4-12,15-26H2,1-3H3/b14-13-. The molecule has 0 fully saturated rings. The van der Waals surface area contributed by atoms with Crippen molar-refractivity contribution in [1.82, 2.24) is 0 Å². The van der Waals surface area contributed by atoms with Gasteiger partial charge in [-0.15, -0.1) is 0 Å². The van der Waals surface area contributed by atoms with Gasteiger partial charge in [-0.2, -0.15) is 0 Å². The van der Waals surface area contributed by atoms with Gasteiger partial charge in [-0.3, -0.25) is 14.4 Å². The van der Waals surface area contributed by atoms with Crippen molar-refractivity contribution in [1.29, 1.82) is 0 Å². The third-order valence-corrected chi connectivity index (χ3v) is 5.96. The van der Waals surface area contributed by atoms with E-state index in [2.05, 4.69) is 19.1 Å². The van der Waals surface area contributed by atoms with Crippen LogP contribution in [-0.4, -0.2) is 37.2 Å². The minimum absolute atomic E-state index is 0.0859. The van der Waals surface area contributed by atoms with Crippen molar-refractivity contribution in [2.24, 2.45) is 0 Å². The molecule has 6 nitrogen and oxygen atoms in total. The molecule has 0 aromatic carbocycles. The lowest BCUT2D eigenvalue weighted by atomic mass is 10.1. The first-order valence-corrected chi connectivity index (χ1v) is 14.7. The fraction of sp³-hybridized carbons (Fsp3) is 0.833. The van der Waals surface area contributed by atoms with Crippen molar-refractivity contribution in [3.05, 3.63) is 12.2 Å². The van der Waals surface area contributed by atoms with E-state index in [9.17, 15) is 14.4 Å². The largest absolute Gasteiger partial charge is 0.462 e. The number of carbonyl (C=O) groups is 3. The minimum Gasteiger partial charge on any atom is -0.462 e. The minimum atomic E-state index is -0.756. The Balaban J connectivity index is 3.87. The molecule has 0 atom stereocenters. The van der Waals surface area contributed by atoms with Gasteiger partial charge in [-0.25, -0.2) is 0 Å². The van der Waals surface area contributed by atoms with Crippen LogP contribution in [-0.2, 0) is 28.6 Å². The Bertz CT molecular complexity index is 550. The molecule has 0 rings (SSSR count). The van der Waals surface area contributed by atoms with E-state index < -0.39 is 6.10 Å². The Hall–Kier alpha value is -1.85. The van der Waals surface area contributed by atoms with E-state index in [1.54, 1.807) is 0 Å². The van der Waals surface area contributed by atoms with Crippen molar-refractivity contribution >= 4 is 17.9 Å². The average molecular weight is 511 g/mol. The van der Waals surface area contributed by atoms with Crippen molar-refractivity contribution in [3.8, 4) is 0 Å². The predicted molar refractivity (Wildman–Crippen MR) is 146 cm³/mol. The molecule has 0 aliphatic carbocycles. The van der Waals surface area contributed by atoms with E-state index in [1.165, 1.54) is 64.2 Å². The van der Waals surface area contributed by atoms with Gasteiger partial charge in [0.2, 0.25) is 0 Å². The molecule has 0 aliphatic heterocycles. The number of carbonyl (C=O) groups excluding carboxylic acids is 3. The van der Waals surface area contributed by atoms with Gasteiger partial charge >= 0.3 is 17.9 Å². The highest BCUT2D eigenvalue weighted by Gasteiger charge is 2.19. The molecule has 210 valence electrons. The summed E-state index contributed by atoms with van der Waals surface area (Å²) in [5.74, 6) is -1.02. The van der Waals surface area contributed by atoms with Gasteiger partial charge in [-0.1, -0.05) is 90.7 Å². The van der Waals surface area contributed by atoms with Crippen molar-refractivity contribution < 1.29 is 28.6 Å². The van der Waals surface area contributed by atoms with Crippen LogP contribution in [0, 0.1) is 0 Å². The second-order valence-electron chi connectivity index (χ2n) is 9.67. The van der Waals surface area contributed by atoms with Crippen LogP contribution in [0.5, 0.6) is 0 Å². The fourth-order valence-corrected chi connectivity index (χ4v) is 3.80. The highest BCUT2D eigenvalue weighted by Crippen LogP contribution is 2.12. The maximum absolute atomic E-state index is 12.2. The zero-order valence-corrected chi connectivity index (χ0v) is 23.5. The Morgan fingerprint density at radius 2 is 0.972 bits per heavy atom. The Morgan fingerprint density at radius 1 is 0.528 bits per heavy atom. The monoisotopic (exact) mass is 510 g/mol. The summed E-state index contributed by atoms with van der Waals surface area (Å²) in [6.45, 7) is 5.86. The predicted octanol–water partition coefficient (Wildman–Crippen LogP) is 8.01. The molecule has 0 N–H and O–H groups in total. The molecule has 0 bridgehead atoms. The van der Waals surface area contributed by atoms with Crippen LogP contribution in [0.3, 0.4) is 0 Å². The Morgan fingerprint density at radius 3 is 1.44 bits per heavy atom. The van der Waals surface area contributed by atoms with E-state index in [1.807, 2.05) is 13.8 Å². The first-order valence-electron chi connectivity index (χ1n) is 14.7. The van der Waals surface area contributed by atoms with Crippen molar-refractivity contribution in [2.45, 2.75) is 149 Å². The molecule has 0 spiro atoms. The van der Waals surface area contributed by atoms with Crippen LogP contribution in [0.4, 0.5) is 0 Å². The molecule has 0 radical (unpaired) electrons. The van der Waals surface area contributed by atoms with Gasteiger partial charge in [0.05, 0.1) is 0 Å². The fourth-order valence-electron chi connectivity index (χ4n) is 3.80. The van der Waals surface area contributed by atoms with Gasteiger partial charge in [0.15, 0.2) is 6.10 Å². The number of hydrogen-bond donors (Lipinski definition) is 0. The van der Waals surface area contributed by atoms with E-state index in [0.29, 0.717) is 32.1 Å². The first kappa shape index (κ1) is 34.1. The molecular formula is C30H54O6. The van der Waals surface area contributed by atoms with Crippen LogP contribution < -0.4 is 0 Å². The molecule has 0 aliphatic rings.